The summed E-state index contributed by atoms with van der Waals surface area (Å²) in [5, 5.41) is 9.26. The number of nitrogens with one attached hydrogen (secondary N) is 1. The Hall–Kier alpha value is -3.16. The van der Waals surface area contributed by atoms with Crippen molar-refractivity contribution in [3.63, 3.8) is 0 Å². The molecule has 4 rings (SSSR count). The third-order valence-corrected chi connectivity index (χ3v) is 5.12. The molecule has 30 heavy (non-hydrogen) atoms. The summed E-state index contributed by atoms with van der Waals surface area (Å²) < 4.78 is 1.76. The van der Waals surface area contributed by atoms with Gasteiger partial charge in [-0.2, -0.15) is 4.98 Å². The van der Waals surface area contributed by atoms with E-state index in [2.05, 4.69) is 20.3 Å². The van der Waals surface area contributed by atoms with Crippen LogP contribution in [0.25, 0.3) is 22.3 Å². The van der Waals surface area contributed by atoms with E-state index in [1.165, 1.54) is 0 Å². The van der Waals surface area contributed by atoms with E-state index in [0.717, 1.165) is 17.7 Å². The quantitative estimate of drug-likeness (QED) is 0.472. The van der Waals surface area contributed by atoms with Crippen LogP contribution in [0.5, 0.6) is 0 Å². The van der Waals surface area contributed by atoms with Crippen molar-refractivity contribution in [1.29, 1.82) is 0 Å². The molecule has 0 fully saturated rings. The van der Waals surface area contributed by atoms with Gasteiger partial charge < -0.3 is 16.0 Å². The summed E-state index contributed by atoms with van der Waals surface area (Å²) in [5.41, 5.74) is 9.64. The smallest absolute Gasteiger partial charge is 0.225 e. The molecule has 0 saturated heterocycles. The van der Waals surface area contributed by atoms with Gasteiger partial charge in [0.15, 0.2) is 5.65 Å². The average Bonchev–Trinajstić information content (AvgIpc) is 3.04. The number of rotatable bonds is 7. The molecular formula is C22H24ClN7. The number of anilines is 2. The maximum absolute atomic E-state index is 6.52. The van der Waals surface area contributed by atoms with E-state index in [4.69, 9.17) is 22.3 Å². The Kier molecular flexibility index (Phi) is 5.83. The van der Waals surface area contributed by atoms with Crippen LogP contribution < -0.4 is 11.1 Å². The van der Waals surface area contributed by atoms with E-state index in [9.17, 15) is 0 Å². The van der Waals surface area contributed by atoms with Gasteiger partial charge in [0.1, 0.15) is 5.82 Å². The standard InChI is InChI=1S/C22H24ClN7/c1-29(2)13-12-25-22-26-19(16-10-6-7-11-17(16)23)18-20(24)30(28-21(18)27-22)14-15-8-4-3-5-9-15/h3-11H,12-14,24H2,1-2H3,(H,25,27,28). The van der Waals surface area contributed by atoms with E-state index in [1.54, 1.807) is 4.68 Å². The Labute approximate surface area is 180 Å². The van der Waals surface area contributed by atoms with Crippen LogP contribution in [-0.4, -0.2) is 51.8 Å². The Morgan fingerprint density at radius 1 is 1.03 bits per heavy atom. The van der Waals surface area contributed by atoms with Gasteiger partial charge in [-0.1, -0.05) is 60.1 Å². The molecule has 2 heterocycles. The number of halogens is 1. The van der Waals surface area contributed by atoms with Crippen molar-refractivity contribution in [2.75, 3.05) is 38.2 Å². The van der Waals surface area contributed by atoms with Crippen molar-refractivity contribution in [1.82, 2.24) is 24.6 Å². The lowest BCUT2D eigenvalue weighted by atomic mass is 10.1. The predicted molar refractivity (Wildman–Crippen MR) is 123 cm³/mol. The van der Waals surface area contributed by atoms with E-state index in [-0.39, 0.29) is 0 Å². The molecule has 0 bridgehead atoms. The maximum Gasteiger partial charge on any atom is 0.225 e. The second-order valence-electron chi connectivity index (χ2n) is 7.33. The van der Waals surface area contributed by atoms with Gasteiger partial charge in [-0.05, 0) is 25.7 Å². The highest BCUT2D eigenvalue weighted by atomic mass is 35.5. The van der Waals surface area contributed by atoms with Crippen LogP contribution in [0.15, 0.2) is 54.6 Å². The van der Waals surface area contributed by atoms with Crippen LogP contribution >= 0.6 is 11.6 Å². The molecule has 0 saturated carbocycles. The topological polar surface area (TPSA) is 84.9 Å². The van der Waals surface area contributed by atoms with Gasteiger partial charge in [-0.15, -0.1) is 5.10 Å². The molecule has 0 unspecified atom stereocenters. The zero-order valence-electron chi connectivity index (χ0n) is 17.0. The van der Waals surface area contributed by atoms with E-state index >= 15 is 0 Å². The number of nitrogens with zero attached hydrogens (tertiary/aromatic N) is 5. The molecule has 2 aromatic carbocycles. The van der Waals surface area contributed by atoms with Gasteiger partial charge in [0.2, 0.25) is 5.95 Å². The number of likely N-dealkylation sites (N-methyl/N-ethyl adjacent to an activating group) is 1. The zero-order valence-corrected chi connectivity index (χ0v) is 17.8. The van der Waals surface area contributed by atoms with Gasteiger partial charge in [0.25, 0.3) is 0 Å². The van der Waals surface area contributed by atoms with Crippen molar-refractivity contribution in [3.8, 4) is 11.3 Å². The molecule has 0 aliphatic rings. The molecule has 0 aliphatic heterocycles. The molecule has 0 spiro atoms. The molecule has 4 aromatic rings. The van der Waals surface area contributed by atoms with Crippen LogP contribution in [-0.2, 0) is 6.54 Å². The summed E-state index contributed by atoms with van der Waals surface area (Å²) in [7, 11) is 4.04. The zero-order chi connectivity index (χ0) is 21.1. The number of nitrogens with two attached hydrogens (primary N) is 1. The van der Waals surface area contributed by atoms with Crippen LogP contribution in [0.2, 0.25) is 5.02 Å². The summed E-state index contributed by atoms with van der Waals surface area (Å²) in [6.07, 6.45) is 0. The summed E-state index contributed by atoms with van der Waals surface area (Å²) in [5.74, 6) is 1.02. The molecule has 0 amide bonds. The number of hydrogen-bond donors (Lipinski definition) is 2. The van der Waals surface area contributed by atoms with Gasteiger partial charge in [0, 0.05) is 23.7 Å². The lowest BCUT2D eigenvalue weighted by Crippen LogP contribution is -2.21. The summed E-state index contributed by atoms with van der Waals surface area (Å²) in [6.45, 7) is 2.11. The number of fused-ring (bicyclic) bond motifs is 1. The molecule has 0 radical (unpaired) electrons. The first-order chi connectivity index (χ1) is 14.5. The highest BCUT2D eigenvalue weighted by Crippen LogP contribution is 2.35. The lowest BCUT2D eigenvalue weighted by molar-refractivity contribution is 0.425. The molecule has 0 atom stereocenters. The molecule has 3 N–H and O–H groups in total. The van der Waals surface area contributed by atoms with Crippen molar-refractivity contribution in [2.45, 2.75) is 6.54 Å². The van der Waals surface area contributed by atoms with E-state index in [0.29, 0.717) is 46.6 Å². The fourth-order valence-corrected chi connectivity index (χ4v) is 3.48. The second kappa shape index (κ2) is 8.69. The Morgan fingerprint density at radius 3 is 2.50 bits per heavy atom. The number of aromatic nitrogens is 4. The average molecular weight is 422 g/mol. The lowest BCUT2D eigenvalue weighted by Gasteiger charge is -2.12. The third-order valence-electron chi connectivity index (χ3n) is 4.79. The minimum atomic E-state index is 0.503. The van der Waals surface area contributed by atoms with Crippen LogP contribution in [0.1, 0.15) is 5.56 Å². The van der Waals surface area contributed by atoms with Gasteiger partial charge in [-0.25, -0.2) is 9.67 Å². The summed E-state index contributed by atoms with van der Waals surface area (Å²) in [6, 6.07) is 17.7. The fourth-order valence-electron chi connectivity index (χ4n) is 3.25. The van der Waals surface area contributed by atoms with Gasteiger partial charge >= 0.3 is 0 Å². The normalized spacial score (nSPS) is 11.3. The summed E-state index contributed by atoms with van der Waals surface area (Å²) in [4.78, 5) is 11.5. The van der Waals surface area contributed by atoms with E-state index < -0.39 is 0 Å². The first kappa shape index (κ1) is 20.1. The number of nitrogen functional groups attached to an aromatic ring is 1. The SMILES string of the molecule is CN(C)CCNc1nc(-c2ccccc2Cl)c2c(N)n(Cc3ccccc3)nc2n1. The summed E-state index contributed by atoms with van der Waals surface area (Å²) >= 11 is 6.49. The Morgan fingerprint density at radius 2 is 1.77 bits per heavy atom. The third kappa shape index (κ3) is 4.22. The molecular weight excluding hydrogens is 398 g/mol. The molecule has 8 heteroatoms. The van der Waals surface area contributed by atoms with Crippen LogP contribution in [0.3, 0.4) is 0 Å². The fraction of sp³-hybridized carbons (Fsp3) is 0.227. The number of benzene rings is 2. The first-order valence-electron chi connectivity index (χ1n) is 9.74. The second-order valence-corrected chi connectivity index (χ2v) is 7.74. The molecule has 0 aliphatic carbocycles. The first-order valence-corrected chi connectivity index (χ1v) is 10.1. The maximum atomic E-state index is 6.52. The largest absolute Gasteiger partial charge is 0.383 e. The Bertz CT molecular complexity index is 1160. The van der Waals surface area contributed by atoms with Gasteiger partial charge in [0.05, 0.1) is 17.6 Å². The monoisotopic (exact) mass is 421 g/mol. The predicted octanol–water partition coefficient (Wildman–Crippen LogP) is 3.75. The van der Waals surface area contributed by atoms with Crippen LogP contribution in [0.4, 0.5) is 11.8 Å². The van der Waals surface area contributed by atoms with Crippen molar-refractivity contribution in [2.24, 2.45) is 0 Å². The van der Waals surface area contributed by atoms with Crippen molar-refractivity contribution in [3.05, 3.63) is 65.2 Å². The van der Waals surface area contributed by atoms with Crippen LogP contribution in [0, 0.1) is 0 Å². The molecule has 154 valence electrons. The van der Waals surface area contributed by atoms with Gasteiger partial charge in [-0.3, -0.25) is 0 Å². The minimum absolute atomic E-state index is 0.503. The number of hydrogen-bond acceptors (Lipinski definition) is 6. The van der Waals surface area contributed by atoms with Crippen molar-refractivity contribution >= 4 is 34.4 Å². The highest BCUT2D eigenvalue weighted by Gasteiger charge is 2.19. The highest BCUT2D eigenvalue weighted by molar-refractivity contribution is 6.33. The minimum Gasteiger partial charge on any atom is -0.383 e. The molecule has 7 nitrogen and oxygen atoms in total. The Balaban J connectivity index is 1.82. The van der Waals surface area contributed by atoms with E-state index in [1.807, 2.05) is 68.7 Å². The van der Waals surface area contributed by atoms with Crippen molar-refractivity contribution < 1.29 is 0 Å². The molecule has 2 aromatic heterocycles.